The minimum absolute atomic E-state index is 0.304. The van der Waals surface area contributed by atoms with Gasteiger partial charge in [-0.25, -0.2) is 0 Å². The fourth-order valence-electron chi connectivity index (χ4n) is 3.57. The van der Waals surface area contributed by atoms with Crippen LogP contribution < -0.4 is 0 Å². The van der Waals surface area contributed by atoms with Crippen molar-refractivity contribution < 1.29 is 5.11 Å². The second-order valence-electron chi connectivity index (χ2n) is 6.81. The van der Waals surface area contributed by atoms with E-state index in [2.05, 4.69) is 63.6 Å². The molecule has 0 fully saturated rings. The lowest BCUT2D eigenvalue weighted by Gasteiger charge is -2.27. The number of nitrogens with one attached hydrogen (secondary N) is 1. The Morgan fingerprint density at radius 1 is 1.04 bits per heavy atom. The van der Waals surface area contributed by atoms with Crippen molar-refractivity contribution in [1.29, 1.82) is 0 Å². The first-order chi connectivity index (χ1) is 12.2. The summed E-state index contributed by atoms with van der Waals surface area (Å²) in [5.74, 6) is 0. The maximum Gasteiger partial charge on any atom is 0.0968 e. The lowest BCUT2D eigenvalue weighted by atomic mass is 9.98. The molecule has 0 spiro atoms. The normalized spacial score (nSPS) is 15.8. The van der Waals surface area contributed by atoms with Gasteiger partial charge in [0.25, 0.3) is 0 Å². The number of aromatic nitrogens is 2. The average Bonchev–Trinajstić information content (AvgIpc) is 3.05. The molecule has 0 unspecified atom stereocenters. The Balaban J connectivity index is 1.60. The maximum atomic E-state index is 9.66. The summed E-state index contributed by atoms with van der Waals surface area (Å²) < 4.78 is 0. The van der Waals surface area contributed by atoms with E-state index in [1.807, 2.05) is 13.0 Å². The summed E-state index contributed by atoms with van der Waals surface area (Å²) in [6.07, 6.45) is 0.652. The first kappa shape index (κ1) is 16.1. The third-order valence-corrected chi connectivity index (χ3v) is 4.80. The number of hydrogen-bond donors (Lipinski definition) is 2. The molecule has 0 radical (unpaired) electrons. The lowest BCUT2D eigenvalue weighted by molar-refractivity contribution is 0.119. The summed E-state index contributed by atoms with van der Waals surface area (Å²) in [5, 5.41) is 17.4. The number of rotatable bonds is 4. The highest BCUT2D eigenvalue weighted by atomic mass is 16.3. The smallest absolute Gasteiger partial charge is 0.0968 e. The minimum atomic E-state index is -0.304. The molecular formula is C21H23N3O. The summed E-state index contributed by atoms with van der Waals surface area (Å²) in [7, 11) is 0. The predicted molar refractivity (Wildman–Crippen MR) is 100 cm³/mol. The molecule has 128 valence electrons. The molecule has 1 aromatic heterocycles. The number of hydrogen-bond acceptors (Lipinski definition) is 3. The zero-order valence-corrected chi connectivity index (χ0v) is 14.4. The van der Waals surface area contributed by atoms with Gasteiger partial charge in [-0.2, -0.15) is 5.10 Å². The standard InChI is InChI=1S/C21H23N3O/c1-15(25)13-24-12-11-20-19(14-24)21(23-22-20)18-9-7-17(8-10-18)16-5-3-2-4-6-16/h2-10,15,25H,11-14H2,1H3,(H,22,23)/t15-/m0/s1. The van der Waals surface area contributed by atoms with Crippen LogP contribution in [0.2, 0.25) is 0 Å². The molecule has 25 heavy (non-hydrogen) atoms. The van der Waals surface area contributed by atoms with Gasteiger partial charge in [-0.1, -0.05) is 54.6 Å². The van der Waals surface area contributed by atoms with E-state index in [1.54, 1.807) is 0 Å². The Morgan fingerprint density at radius 3 is 2.44 bits per heavy atom. The predicted octanol–water partition coefficient (Wildman–Crippen LogP) is 3.48. The summed E-state index contributed by atoms with van der Waals surface area (Å²) in [4.78, 5) is 2.30. The van der Waals surface area contributed by atoms with E-state index in [0.29, 0.717) is 6.54 Å². The van der Waals surface area contributed by atoms with Crippen molar-refractivity contribution >= 4 is 0 Å². The van der Waals surface area contributed by atoms with Crippen LogP contribution in [0.15, 0.2) is 54.6 Å². The Kier molecular flexibility index (Phi) is 4.38. The summed E-state index contributed by atoms with van der Waals surface area (Å²) in [6, 6.07) is 19.0. The highest BCUT2D eigenvalue weighted by molar-refractivity contribution is 5.70. The van der Waals surface area contributed by atoms with Crippen molar-refractivity contribution in [2.75, 3.05) is 13.1 Å². The van der Waals surface area contributed by atoms with Gasteiger partial charge in [0.05, 0.1) is 11.8 Å². The van der Waals surface area contributed by atoms with Crippen LogP contribution in [0.25, 0.3) is 22.4 Å². The Bertz CT molecular complexity index is 837. The van der Waals surface area contributed by atoms with Crippen LogP contribution >= 0.6 is 0 Å². The maximum absolute atomic E-state index is 9.66. The van der Waals surface area contributed by atoms with Crippen LogP contribution in [-0.2, 0) is 13.0 Å². The molecule has 2 heterocycles. The minimum Gasteiger partial charge on any atom is -0.392 e. The lowest BCUT2D eigenvalue weighted by Crippen LogP contribution is -2.35. The van der Waals surface area contributed by atoms with E-state index in [4.69, 9.17) is 0 Å². The Labute approximate surface area is 148 Å². The van der Waals surface area contributed by atoms with Gasteiger partial charge in [0.15, 0.2) is 0 Å². The second kappa shape index (κ2) is 6.82. The second-order valence-corrected chi connectivity index (χ2v) is 6.81. The molecule has 4 heteroatoms. The number of aliphatic hydroxyl groups is 1. The molecule has 0 aliphatic carbocycles. The zero-order valence-electron chi connectivity index (χ0n) is 14.4. The van der Waals surface area contributed by atoms with Crippen molar-refractivity contribution in [2.45, 2.75) is 26.0 Å². The van der Waals surface area contributed by atoms with E-state index >= 15 is 0 Å². The van der Waals surface area contributed by atoms with E-state index in [9.17, 15) is 5.11 Å². The molecule has 0 amide bonds. The Hall–Kier alpha value is -2.43. The number of aliphatic hydroxyl groups excluding tert-OH is 1. The SMILES string of the molecule is C[C@H](O)CN1CCc2[nH]nc(-c3ccc(-c4ccccc4)cc3)c2C1. The van der Waals surface area contributed by atoms with Gasteiger partial charge in [0, 0.05) is 42.9 Å². The van der Waals surface area contributed by atoms with Crippen LogP contribution in [0.4, 0.5) is 0 Å². The van der Waals surface area contributed by atoms with Crippen LogP contribution in [0.3, 0.4) is 0 Å². The summed E-state index contributed by atoms with van der Waals surface area (Å²) in [6.45, 7) is 4.35. The first-order valence-corrected chi connectivity index (χ1v) is 8.83. The highest BCUT2D eigenvalue weighted by Crippen LogP contribution is 2.30. The number of benzene rings is 2. The van der Waals surface area contributed by atoms with E-state index in [0.717, 1.165) is 30.8 Å². The monoisotopic (exact) mass is 333 g/mol. The van der Waals surface area contributed by atoms with Crippen molar-refractivity contribution in [1.82, 2.24) is 15.1 Å². The number of aromatic amines is 1. The van der Waals surface area contributed by atoms with Gasteiger partial charge < -0.3 is 5.11 Å². The molecule has 0 saturated carbocycles. The van der Waals surface area contributed by atoms with E-state index in [-0.39, 0.29) is 6.10 Å². The molecule has 2 aromatic carbocycles. The molecule has 1 atom stereocenters. The Morgan fingerprint density at radius 2 is 1.72 bits per heavy atom. The zero-order chi connectivity index (χ0) is 17.2. The molecular weight excluding hydrogens is 310 g/mol. The molecule has 0 saturated heterocycles. The van der Waals surface area contributed by atoms with Gasteiger partial charge >= 0.3 is 0 Å². The number of nitrogens with zero attached hydrogens (tertiary/aromatic N) is 2. The van der Waals surface area contributed by atoms with Gasteiger partial charge in [-0.3, -0.25) is 10.00 Å². The van der Waals surface area contributed by atoms with Gasteiger partial charge in [0.2, 0.25) is 0 Å². The largest absolute Gasteiger partial charge is 0.392 e. The number of H-pyrrole nitrogens is 1. The van der Waals surface area contributed by atoms with Crippen molar-refractivity contribution in [2.24, 2.45) is 0 Å². The van der Waals surface area contributed by atoms with Gasteiger partial charge in [-0.05, 0) is 18.1 Å². The third-order valence-electron chi connectivity index (χ3n) is 4.80. The van der Waals surface area contributed by atoms with E-state index in [1.165, 1.54) is 22.4 Å². The topological polar surface area (TPSA) is 52.1 Å². The van der Waals surface area contributed by atoms with Crippen LogP contribution in [-0.4, -0.2) is 39.4 Å². The molecule has 1 aliphatic rings. The highest BCUT2D eigenvalue weighted by Gasteiger charge is 2.23. The molecule has 0 bridgehead atoms. The fraction of sp³-hybridized carbons (Fsp3) is 0.286. The summed E-state index contributed by atoms with van der Waals surface area (Å²) >= 11 is 0. The third kappa shape index (κ3) is 3.36. The quantitative estimate of drug-likeness (QED) is 0.768. The first-order valence-electron chi connectivity index (χ1n) is 8.83. The fourth-order valence-corrected chi connectivity index (χ4v) is 3.57. The molecule has 4 nitrogen and oxygen atoms in total. The van der Waals surface area contributed by atoms with Crippen molar-refractivity contribution in [3.05, 3.63) is 65.9 Å². The van der Waals surface area contributed by atoms with Crippen molar-refractivity contribution in [3.8, 4) is 22.4 Å². The van der Waals surface area contributed by atoms with Crippen molar-refractivity contribution in [3.63, 3.8) is 0 Å². The van der Waals surface area contributed by atoms with E-state index < -0.39 is 0 Å². The molecule has 4 rings (SSSR count). The number of β-amino-alcohol motifs (C(OH)–C–C–N with tert-alkyl or cyclic N) is 1. The van der Waals surface area contributed by atoms with Crippen LogP contribution in [0.5, 0.6) is 0 Å². The molecule has 1 aliphatic heterocycles. The molecule has 3 aromatic rings. The van der Waals surface area contributed by atoms with Crippen LogP contribution in [0.1, 0.15) is 18.2 Å². The summed E-state index contributed by atoms with van der Waals surface area (Å²) in [5.41, 5.74) is 7.09. The average molecular weight is 333 g/mol. The van der Waals surface area contributed by atoms with Gasteiger partial charge in [0.1, 0.15) is 0 Å². The molecule has 2 N–H and O–H groups in total. The van der Waals surface area contributed by atoms with Crippen LogP contribution in [0, 0.1) is 0 Å². The van der Waals surface area contributed by atoms with Gasteiger partial charge in [-0.15, -0.1) is 0 Å². The number of fused-ring (bicyclic) bond motifs is 1.